The summed E-state index contributed by atoms with van der Waals surface area (Å²) in [6.07, 6.45) is -1.08. The molecule has 1 heterocycles. The van der Waals surface area contributed by atoms with Crippen LogP contribution >= 0.6 is 0 Å². The standard InChI is InChI=1S/C15H24N2O7/c1-15(2,3)24-14(21)17-8-9(10(17)6-12(19)22-4)16-11(18)7-13(20)23-5/h9-10H,6-8H2,1-5H3,(H,16,18). The summed E-state index contributed by atoms with van der Waals surface area (Å²) in [6.45, 7) is 5.38. The quantitative estimate of drug-likeness (QED) is 0.431. The Balaban J connectivity index is 2.70. The van der Waals surface area contributed by atoms with Crippen molar-refractivity contribution in [1.82, 2.24) is 10.2 Å². The summed E-state index contributed by atoms with van der Waals surface area (Å²) in [5.41, 5.74) is -0.674. The number of amides is 2. The Bertz CT molecular complexity index is 512. The molecule has 1 saturated heterocycles. The Hall–Kier alpha value is -2.32. The summed E-state index contributed by atoms with van der Waals surface area (Å²) < 4.78 is 14.3. The maximum atomic E-state index is 12.1. The first-order valence-corrected chi connectivity index (χ1v) is 7.50. The molecular weight excluding hydrogens is 320 g/mol. The van der Waals surface area contributed by atoms with Gasteiger partial charge in [-0.3, -0.25) is 14.4 Å². The molecule has 1 rings (SSSR count). The summed E-state index contributed by atoms with van der Waals surface area (Å²) in [6, 6.07) is -1.05. The highest BCUT2D eigenvalue weighted by molar-refractivity contribution is 5.94. The minimum Gasteiger partial charge on any atom is -0.469 e. The zero-order valence-corrected chi connectivity index (χ0v) is 14.6. The summed E-state index contributed by atoms with van der Waals surface area (Å²) in [5, 5.41) is 2.61. The molecule has 0 aliphatic carbocycles. The Morgan fingerprint density at radius 2 is 1.67 bits per heavy atom. The van der Waals surface area contributed by atoms with Gasteiger partial charge in [0.2, 0.25) is 5.91 Å². The number of carbonyl (C=O) groups excluding carboxylic acids is 4. The Kier molecular flexibility index (Phi) is 6.56. The Morgan fingerprint density at radius 3 is 2.17 bits per heavy atom. The summed E-state index contributed by atoms with van der Waals surface area (Å²) in [5.74, 6) is -1.72. The van der Waals surface area contributed by atoms with E-state index < -0.39 is 48.0 Å². The molecule has 1 aliphatic heterocycles. The van der Waals surface area contributed by atoms with Gasteiger partial charge in [0.1, 0.15) is 12.0 Å². The van der Waals surface area contributed by atoms with Gasteiger partial charge in [-0.25, -0.2) is 4.79 Å². The molecule has 1 aliphatic rings. The van der Waals surface area contributed by atoms with E-state index in [-0.39, 0.29) is 13.0 Å². The number of hydrogen-bond donors (Lipinski definition) is 1. The molecule has 0 aromatic heterocycles. The molecular formula is C15H24N2O7. The van der Waals surface area contributed by atoms with Crippen molar-refractivity contribution >= 4 is 23.9 Å². The van der Waals surface area contributed by atoms with Crippen molar-refractivity contribution in [2.24, 2.45) is 0 Å². The largest absolute Gasteiger partial charge is 0.469 e. The predicted octanol–water partition coefficient (Wildman–Crippen LogP) is 0.217. The van der Waals surface area contributed by atoms with Crippen molar-refractivity contribution in [1.29, 1.82) is 0 Å². The molecule has 0 spiro atoms. The third-order valence-electron chi connectivity index (χ3n) is 3.37. The molecule has 9 heteroatoms. The zero-order valence-electron chi connectivity index (χ0n) is 14.6. The van der Waals surface area contributed by atoms with E-state index in [9.17, 15) is 19.2 Å². The van der Waals surface area contributed by atoms with E-state index in [4.69, 9.17) is 4.74 Å². The average Bonchev–Trinajstić information content (AvgIpc) is 2.46. The number of methoxy groups -OCH3 is 2. The number of likely N-dealkylation sites (tertiary alicyclic amines) is 1. The van der Waals surface area contributed by atoms with E-state index in [2.05, 4.69) is 14.8 Å². The number of nitrogens with zero attached hydrogens (tertiary/aromatic N) is 1. The summed E-state index contributed by atoms with van der Waals surface area (Å²) >= 11 is 0. The van der Waals surface area contributed by atoms with E-state index in [0.29, 0.717) is 0 Å². The van der Waals surface area contributed by atoms with Crippen LogP contribution in [0, 0.1) is 0 Å². The Labute approximate surface area is 140 Å². The van der Waals surface area contributed by atoms with Crippen LogP contribution < -0.4 is 5.32 Å². The highest BCUT2D eigenvalue weighted by Gasteiger charge is 2.45. The van der Waals surface area contributed by atoms with Crippen LogP contribution in [0.2, 0.25) is 0 Å². The van der Waals surface area contributed by atoms with Gasteiger partial charge in [0.15, 0.2) is 0 Å². The number of hydrogen-bond acceptors (Lipinski definition) is 7. The highest BCUT2D eigenvalue weighted by Crippen LogP contribution is 2.25. The minimum absolute atomic E-state index is 0.0844. The second-order valence-corrected chi connectivity index (χ2v) is 6.41. The number of carbonyl (C=O) groups is 4. The van der Waals surface area contributed by atoms with Gasteiger partial charge >= 0.3 is 18.0 Å². The second kappa shape index (κ2) is 7.98. The number of nitrogens with one attached hydrogen (secondary N) is 1. The van der Waals surface area contributed by atoms with E-state index in [1.807, 2.05) is 0 Å². The van der Waals surface area contributed by atoms with Gasteiger partial charge in [0.05, 0.1) is 32.7 Å². The van der Waals surface area contributed by atoms with Crippen LogP contribution in [-0.4, -0.2) is 67.3 Å². The fourth-order valence-electron chi connectivity index (χ4n) is 2.19. The van der Waals surface area contributed by atoms with Crippen molar-refractivity contribution in [2.75, 3.05) is 20.8 Å². The van der Waals surface area contributed by atoms with Gasteiger partial charge in [-0.15, -0.1) is 0 Å². The van der Waals surface area contributed by atoms with Crippen molar-refractivity contribution in [2.45, 2.75) is 51.3 Å². The van der Waals surface area contributed by atoms with Gasteiger partial charge in [-0.2, -0.15) is 0 Å². The molecule has 9 nitrogen and oxygen atoms in total. The molecule has 0 radical (unpaired) electrons. The first kappa shape index (κ1) is 19.7. The maximum absolute atomic E-state index is 12.1. The zero-order chi connectivity index (χ0) is 18.5. The molecule has 24 heavy (non-hydrogen) atoms. The minimum atomic E-state index is -0.674. The highest BCUT2D eigenvalue weighted by atomic mass is 16.6. The summed E-state index contributed by atoms with van der Waals surface area (Å²) in [4.78, 5) is 47.9. The number of ether oxygens (including phenoxy) is 3. The first-order valence-electron chi connectivity index (χ1n) is 7.50. The lowest BCUT2D eigenvalue weighted by atomic mass is 9.93. The molecule has 2 amide bonds. The summed E-state index contributed by atoms with van der Waals surface area (Å²) in [7, 11) is 2.42. The van der Waals surface area contributed by atoms with Crippen LogP contribution in [0.3, 0.4) is 0 Å². The van der Waals surface area contributed by atoms with Crippen LogP contribution in [0.1, 0.15) is 33.6 Å². The first-order chi connectivity index (χ1) is 11.1. The molecule has 0 aromatic rings. The smallest absolute Gasteiger partial charge is 0.410 e. The fourth-order valence-corrected chi connectivity index (χ4v) is 2.19. The SMILES string of the molecule is COC(=O)CC(=O)NC1CN(C(=O)OC(C)(C)C)C1CC(=O)OC. The van der Waals surface area contributed by atoms with E-state index in [1.54, 1.807) is 20.8 Å². The maximum Gasteiger partial charge on any atom is 0.410 e. The van der Waals surface area contributed by atoms with E-state index in [0.717, 1.165) is 0 Å². The van der Waals surface area contributed by atoms with E-state index in [1.165, 1.54) is 19.1 Å². The monoisotopic (exact) mass is 344 g/mol. The molecule has 0 aromatic carbocycles. The number of rotatable bonds is 5. The Morgan fingerprint density at radius 1 is 1.08 bits per heavy atom. The normalized spacial score (nSPS) is 19.8. The van der Waals surface area contributed by atoms with Gasteiger partial charge in [0, 0.05) is 6.54 Å². The average molecular weight is 344 g/mol. The molecule has 1 fully saturated rings. The van der Waals surface area contributed by atoms with Crippen LogP contribution in [0.25, 0.3) is 0 Å². The van der Waals surface area contributed by atoms with Crippen molar-refractivity contribution in [3.8, 4) is 0 Å². The van der Waals surface area contributed by atoms with Crippen LogP contribution in [0.4, 0.5) is 4.79 Å². The van der Waals surface area contributed by atoms with Crippen molar-refractivity contribution in [3.63, 3.8) is 0 Å². The lowest BCUT2D eigenvalue weighted by Crippen LogP contribution is -2.69. The third-order valence-corrected chi connectivity index (χ3v) is 3.37. The predicted molar refractivity (Wildman–Crippen MR) is 81.9 cm³/mol. The van der Waals surface area contributed by atoms with Gasteiger partial charge in [-0.05, 0) is 20.8 Å². The third kappa shape index (κ3) is 5.71. The topological polar surface area (TPSA) is 111 Å². The molecule has 0 saturated carbocycles. The van der Waals surface area contributed by atoms with Gasteiger partial charge in [-0.1, -0.05) is 0 Å². The van der Waals surface area contributed by atoms with Crippen LogP contribution in [0.5, 0.6) is 0 Å². The lowest BCUT2D eigenvalue weighted by Gasteiger charge is -2.47. The van der Waals surface area contributed by atoms with Gasteiger partial charge in [0.25, 0.3) is 0 Å². The van der Waals surface area contributed by atoms with E-state index >= 15 is 0 Å². The van der Waals surface area contributed by atoms with Crippen molar-refractivity contribution in [3.05, 3.63) is 0 Å². The molecule has 1 N–H and O–H groups in total. The fraction of sp³-hybridized carbons (Fsp3) is 0.733. The lowest BCUT2D eigenvalue weighted by molar-refractivity contribution is -0.147. The molecule has 2 atom stereocenters. The van der Waals surface area contributed by atoms with Crippen LogP contribution in [0.15, 0.2) is 0 Å². The molecule has 0 bridgehead atoms. The molecule has 136 valence electrons. The van der Waals surface area contributed by atoms with Crippen LogP contribution in [-0.2, 0) is 28.6 Å². The van der Waals surface area contributed by atoms with Crippen molar-refractivity contribution < 1.29 is 33.4 Å². The number of esters is 2. The molecule has 2 unspecified atom stereocenters. The second-order valence-electron chi connectivity index (χ2n) is 6.41. The van der Waals surface area contributed by atoms with Gasteiger partial charge < -0.3 is 24.4 Å².